The minimum absolute atomic E-state index is 0.0663. The molecule has 0 heterocycles. The average Bonchev–Trinajstić information content (AvgIpc) is 2.29. The summed E-state index contributed by atoms with van der Waals surface area (Å²) < 4.78 is 28.7. The number of aliphatic carboxylic acids is 1. The molecule has 0 aromatic heterocycles. The van der Waals surface area contributed by atoms with Gasteiger partial charge in [-0.15, -0.1) is 0 Å². The molecule has 0 aliphatic carbocycles. The summed E-state index contributed by atoms with van der Waals surface area (Å²) in [6, 6.07) is 4.48. The van der Waals surface area contributed by atoms with E-state index in [0.717, 1.165) is 0 Å². The number of aryl methyl sites for hydroxylation is 1. The monoisotopic (exact) mass is 255 g/mol. The molecule has 0 bridgehead atoms. The highest BCUT2D eigenvalue weighted by Gasteiger charge is 2.15. The standard InChI is InChI=1S/C12H11F2NO3/c1-2-7-4-10(18-12(13)14)8(5-11(16)17)3-9(7)6-15/h3-4,12H,2,5H2,1H3,(H,16,17). The molecule has 0 amide bonds. The van der Waals surface area contributed by atoms with Gasteiger partial charge in [0.05, 0.1) is 18.1 Å². The SMILES string of the molecule is CCc1cc(OC(F)F)c(CC(=O)O)cc1C#N. The second kappa shape index (κ2) is 5.96. The third-order valence-electron chi connectivity index (χ3n) is 2.35. The van der Waals surface area contributed by atoms with Crippen LogP contribution in [0.5, 0.6) is 5.75 Å². The molecule has 1 N–H and O–H groups in total. The number of carboxylic acids is 1. The first-order chi connectivity index (χ1) is 8.47. The van der Waals surface area contributed by atoms with Crippen molar-refractivity contribution in [2.24, 2.45) is 0 Å². The number of carboxylic acid groups (broad SMARTS) is 1. The van der Waals surface area contributed by atoms with Crippen LogP contribution in [-0.4, -0.2) is 17.7 Å². The van der Waals surface area contributed by atoms with Crippen molar-refractivity contribution in [1.29, 1.82) is 5.26 Å². The number of carbonyl (C=O) groups is 1. The van der Waals surface area contributed by atoms with Crippen LogP contribution in [0, 0.1) is 11.3 Å². The fourth-order valence-electron chi connectivity index (χ4n) is 1.57. The third kappa shape index (κ3) is 3.42. The Kier molecular flexibility index (Phi) is 4.60. The molecule has 0 aliphatic rings. The number of halogens is 2. The lowest BCUT2D eigenvalue weighted by Crippen LogP contribution is -2.09. The molecular weight excluding hydrogens is 244 g/mol. The predicted octanol–water partition coefficient (Wildman–Crippen LogP) is 2.35. The van der Waals surface area contributed by atoms with E-state index >= 15 is 0 Å². The molecule has 4 nitrogen and oxygen atoms in total. The van der Waals surface area contributed by atoms with E-state index in [0.29, 0.717) is 12.0 Å². The predicted molar refractivity (Wildman–Crippen MR) is 58.5 cm³/mol. The molecule has 1 rings (SSSR count). The maximum absolute atomic E-state index is 12.2. The van der Waals surface area contributed by atoms with Crippen LogP contribution in [0.15, 0.2) is 12.1 Å². The third-order valence-corrected chi connectivity index (χ3v) is 2.35. The van der Waals surface area contributed by atoms with Crippen molar-refractivity contribution in [2.75, 3.05) is 0 Å². The summed E-state index contributed by atoms with van der Waals surface area (Å²) in [6.45, 7) is -1.27. The van der Waals surface area contributed by atoms with Crippen LogP contribution >= 0.6 is 0 Å². The maximum atomic E-state index is 12.2. The van der Waals surface area contributed by atoms with Crippen LogP contribution in [0.4, 0.5) is 8.78 Å². The lowest BCUT2D eigenvalue weighted by Gasteiger charge is -2.12. The summed E-state index contributed by atoms with van der Waals surface area (Å²) in [5.41, 5.74) is 0.884. The van der Waals surface area contributed by atoms with E-state index in [9.17, 15) is 13.6 Å². The van der Waals surface area contributed by atoms with Gasteiger partial charge in [-0.25, -0.2) is 0 Å². The van der Waals surface area contributed by atoms with E-state index in [1.54, 1.807) is 6.92 Å². The topological polar surface area (TPSA) is 70.3 Å². The molecule has 0 spiro atoms. The molecular formula is C12H11F2NO3. The number of ether oxygens (including phenoxy) is 1. The lowest BCUT2D eigenvalue weighted by atomic mass is 10.00. The Labute approximate surface area is 102 Å². The highest BCUT2D eigenvalue weighted by molar-refractivity contribution is 5.72. The Morgan fingerprint density at radius 2 is 2.17 bits per heavy atom. The summed E-state index contributed by atoms with van der Waals surface area (Å²) in [5, 5.41) is 17.6. The fourth-order valence-corrected chi connectivity index (χ4v) is 1.57. The number of rotatable bonds is 5. The Morgan fingerprint density at radius 3 is 2.61 bits per heavy atom. The molecule has 0 aliphatic heterocycles. The van der Waals surface area contributed by atoms with Crippen molar-refractivity contribution in [3.05, 3.63) is 28.8 Å². The van der Waals surface area contributed by atoms with Crippen LogP contribution in [0.3, 0.4) is 0 Å². The molecule has 0 saturated carbocycles. The maximum Gasteiger partial charge on any atom is 0.387 e. The number of hydrogen-bond acceptors (Lipinski definition) is 3. The second-order valence-corrected chi connectivity index (χ2v) is 3.53. The van der Waals surface area contributed by atoms with Crippen LogP contribution in [0.2, 0.25) is 0 Å². The first-order valence-corrected chi connectivity index (χ1v) is 5.20. The number of benzene rings is 1. The molecule has 1 aromatic rings. The quantitative estimate of drug-likeness (QED) is 0.876. The van der Waals surface area contributed by atoms with E-state index in [-0.39, 0.29) is 16.9 Å². The van der Waals surface area contributed by atoms with Gasteiger partial charge in [-0.1, -0.05) is 6.92 Å². The largest absolute Gasteiger partial charge is 0.481 e. The van der Waals surface area contributed by atoms with Crippen molar-refractivity contribution in [3.8, 4) is 11.8 Å². The molecule has 96 valence electrons. The molecule has 0 fully saturated rings. The molecule has 0 unspecified atom stereocenters. The molecule has 6 heteroatoms. The average molecular weight is 255 g/mol. The minimum atomic E-state index is -3.03. The first-order valence-electron chi connectivity index (χ1n) is 5.20. The van der Waals surface area contributed by atoms with Gasteiger partial charge in [-0.05, 0) is 24.1 Å². The van der Waals surface area contributed by atoms with Crippen LogP contribution in [-0.2, 0) is 17.6 Å². The first kappa shape index (κ1) is 13.9. The Hall–Kier alpha value is -2.16. The Morgan fingerprint density at radius 1 is 1.50 bits per heavy atom. The number of hydrogen-bond donors (Lipinski definition) is 1. The van der Waals surface area contributed by atoms with Gasteiger partial charge in [0.15, 0.2) is 0 Å². The van der Waals surface area contributed by atoms with E-state index < -0.39 is 19.0 Å². The van der Waals surface area contributed by atoms with Crippen molar-refractivity contribution in [3.63, 3.8) is 0 Å². The van der Waals surface area contributed by atoms with Crippen molar-refractivity contribution in [1.82, 2.24) is 0 Å². The highest BCUT2D eigenvalue weighted by atomic mass is 19.3. The van der Waals surface area contributed by atoms with Gasteiger partial charge in [0.1, 0.15) is 5.75 Å². The zero-order valence-electron chi connectivity index (χ0n) is 9.61. The zero-order valence-corrected chi connectivity index (χ0v) is 9.61. The smallest absolute Gasteiger partial charge is 0.387 e. The molecule has 1 aromatic carbocycles. The van der Waals surface area contributed by atoms with Gasteiger partial charge >= 0.3 is 12.6 Å². The van der Waals surface area contributed by atoms with Gasteiger partial charge in [0.25, 0.3) is 0 Å². The van der Waals surface area contributed by atoms with Gasteiger partial charge in [-0.3, -0.25) is 4.79 Å². The number of nitrogens with zero attached hydrogens (tertiary/aromatic N) is 1. The van der Waals surface area contributed by atoms with E-state index in [1.807, 2.05) is 6.07 Å². The zero-order chi connectivity index (χ0) is 13.7. The van der Waals surface area contributed by atoms with E-state index in [1.165, 1.54) is 12.1 Å². The van der Waals surface area contributed by atoms with Crippen LogP contribution in [0.1, 0.15) is 23.6 Å². The Balaban J connectivity index is 3.27. The second-order valence-electron chi connectivity index (χ2n) is 3.53. The number of nitriles is 1. The molecule has 0 saturated heterocycles. The molecule has 18 heavy (non-hydrogen) atoms. The summed E-state index contributed by atoms with van der Waals surface area (Å²) >= 11 is 0. The fraction of sp³-hybridized carbons (Fsp3) is 0.333. The van der Waals surface area contributed by atoms with Gasteiger partial charge in [0, 0.05) is 5.56 Å². The summed E-state index contributed by atoms with van der Waals surface area (Å²) in [6.07, 6.45) is -0.00340. The van der Waals surface area contributed by atoms with Crippen LogP contribution in [0.25, 0.3) is 0 Å². The van der Waals surface area contributed by atoms with Crippen LogP contribution < -0.4 is 4.74 Å². The highest BCUT2D eigenvalue weighted by Crippen LogP contribution is 2.26. The minimum Gasteiger partial charge on any atom is -0.481 e. The molecule has 0 radical (unpaired) electrons. The van der Waals surface area contributed by atoms with E-state index in [4.69, 9.17) is 10.4 Å². The van der Waals surface area contributed by atoms with Crippen molar-refractivity contribution >= 4 is 5.97 Å². The van der Waals surface area contributed by atoms with Gasteiger partial charge < -0.3 is 9.84 Å². The lowest BCUT2D eigenvalue weighted by molar-refractivity contribution is -0.136. The normalized spacial score (nSPS) is 10.2. The Bertz CT molecular complexity index is 495. The van der Waals surface area contributed by atoms with Crippen molar-refractivity contribution in [2.45, 2.75) is 26.4 Å². The van der Waals surface area contributed by atoms with Gasteiger partial charge in [0.2, 0.25) is 0 Å². The van der Waals surface area contributed by atoms with E-state index in [2.05, 4.69) is 4.74 Å². The summed E-state index contributed by atoms with van der Waals surface area (Å²) in [4.78, 5) is 10.6. The summed E-state index contributed by atoms with van der Waals surface area (Å²) in [7, 11) is 0. The van der Waals surface area contributed by atoms with Crippen molar-refractivity contribution < 1.29 is 23.4 Å². The molecule has 0 atom stereocenters. The van der Waals surface area contributed by atoms with Gasteiger partial charge in [-0.2, -0.15) is 14.0 Å². The number of alkyl halides is 2. The summed E-state index contributed by atoms with van der Waals surface area (Å²) in [5.74, 6) is -1.37.